The quantitative estimate of drug-likeness (QED) is 0.717. The third kappa shape index (κ3) is 2.02. The van der Waals surface area contributed by atoms with Gasteiger partial charge in [-0.1, -0.05) is 18.2 Å². The first-order chi connectivity index (χ1) is 7.69. The summed E-state index contributed by atoms with van der Waals surface area (Å²) in [5, 5.41) is 5.90. The maximum Gasteiger partial charge on any atom is 0.236 e. The highest BCUT2D eigenvalue weighted by Gasteiger charge is 2.52. The molecular formula is C12H16N2OS. The Labute approximate surface area is 101 Å². The predicted molar refractivity (Wildman–Crippen MR) is 67.9 cm³/mol. The van der Waals surface area contributed by atoms with Gasteiger partial charge in [-0.2, -0.15) is 0 Å². The van der Waals surface area contributed by atoms with Crippen LogP contribution in [0.15, 0.2) is 23.8 Å². The van der Waals surface area contributed by atoms with Gasteiger partial charge < -0.3 is 10.6 Å². The molecule has 2 aliphatic rings. The topological polar surface area (TPSA) is 41.1 Å². The Kier molecular flexibility index (Phi) is 3.10. The van der Waals surface area contributed by atoms with Crippen LogP contribution >= 0.6 is 12.2 Å². The Morgan fingerprint density at radius 3 is 2.69 bits per heavy atom. The fourth-order valence-electron chi connectivity index (χ4n) is 2.03. The zero-order valence-electron chi connectivity index (χ0n) is 9.38. The van der Waals surface area contributed by atoms with Crippen molar-refractivity contribution in [2.45, 2.75) is 25.7 Å². The number of amides is 1. The second kappa shape index (κ2) is 4.37. The lowest BCUT2D eigenvalue weighted by atomic mass is 9.90. The molecule has 0 atom stereocenters. The number of allylic oxidation sites excluding steroid dienone is 3. The summed E-state index contributed by atoms with van der Waals surface area (Å²) in [6.07, 6.45) is 10.4. The van der Waals surface area contributed by atoms with Gasteiger partial charge in [-0.25, -0.2) is 0 Å². The highest BCUT2D eigenvalue weighted by molar-refractivity contribution is 7.80. The van der Waals surface area contributed by atoms with Crippen molar-refractivity contribution in [1.82, 2.24) is 10.6 Å². The van der Waals surface area contributed by atoms with Gasteiger partial charge in [0, 0.05) is 7.05 Å². The molecule has 1 saturated carbocycles. The molecule has 86 valence electrons. The maximum absolute atomic E-state index is 12.1. The van der Waals surface area contributed by atoms with Crippen molar-refractivity contribution in [3.05, 3.63) is 23.8 Å². The molecule has 0 saturated heterocycles. The molecule has 0 unspecified atom stereocenters. The molecule has 0 bridgehead atoms. The molecule has 0 heterocycles. The van der Waals surface area contributed by atoms with Crippen molar-refractivity contribution in [3.63, 3.8) is 0 Å². The summed E-state index contributed by atoms with van der Waals surface area (Å²) in [5.41, 5.74) is 0.868. The Bertz CT molecular complexity index is 380. The van der Waals surface area contributed by atoms with Crippen LogP contribution in [0.5, 0.6) is 0 Å². The third-order valence-corrected chi connectivity index (χ3v) is 3.49. The van der Waals surface area contributed by atoms with E-state index in [-0.39, 0.29) is 11.3 Å². The number of nitrogens with one attached hydrogen (secondary N) is 2. The summed E-state index contributed by atoms with van der Waals surface area (Å²) in [7, 11) is 1.71. The van der Waals surface area contributed by atoms with Crippen molar-refractivity contribution in [2.75, 3.05) is 7.05 Å². The SMILES string of the molecule is CNC(=S)NC(=O)C1(C2=CCCC=C2)CC1. The third-order valence-electron chi connectivity index (χ3n) is 3.19. The molecule has 0 aliphatic heterocycles. The Morgan fingerprint density at radius 2 is 2.19 bits per heavy atom. The minimum Gasteiger partial charge on any atom is -0.365 e. The highest BCUT2D eigenvalue weighted by Crippen LogP contribution is 2.53. The molecule has 2 aliphatic carbocycles. The standard InChI is InChI=1S/C12H16N2OS/c1-13-11(16)14-10(15)12(7-8-12)9-5-3-2-4-6-9/h3,5-6H,2,4,7-8H2,1H3,(H2,13,14,15,16). The molecular weight excluding hydrogens is 220 g/mol. The number of carbonyl (C=O) groups excluding carboxylic acids is 1. The van der Waals surface area contributed by atoms with Gasteiger partial charge in [0.2, 0.25) is 5.91 Å². The highest BCUT2D eigenvalue weighted by atomic mass is 32.1. The van der Waals surface area contributed by atoms with Gasteiger partial charge in [0.05, 0.1) is 5.41 Å². The van der Waals surface area contributed by atoms with Gasteiger partial charge in [0.15, 0.2) is 5.11 Å². The van der Waals surface area contributed by atoms with Crippen LogP contribution in [0.25, 0.3) is 0 Å². The molecule has 0 radical (unpaired) electrons. The molecule has 2 rings (SSSR count). The number of hydrogen-bond donors (Lipinski definition) is 2. The molecule has 2 N–H and O–H groups in total. The minimum atomic E-state index is -0.294. The summed E-state index contributed by atoms with van der Waals surface area (Å²) in [5.74, 6) is 0.0321. The van der Waals surface area contributed by atoms with E-state index in [9.17, 15) is 4.79 Å². The van der Waals surface area contributed by atoms with Crippen molar-refractivity contribution < 1.29 is 4.79 Å². The van der Waals surface area contributed by atoms with Crippen LogP contribution in [0, 0.1) is 5.41 Å². The zero-order chi connectivity index (χ0) is 11.6. The molecule has 0 aromatic heterocycles. The van der Waals surface area contributed by atoms with E-state index < -0.39 is 0 Å². The van der Waals surface area contributed by atoms with E-state index in [2.05, 4.69) is 28.9 Å². The average molecular weight is 236 g/mol. The molecule has 1 fully saturated rings. The fraction of sp³-hybridized carbons (Fsp3) is 0.500. The first-order valence-electron chi connectivity index (χ1n) is 5.59. The molecule has 0 spiro atoms. The summed E-state index contributed by atoms with van der Waals surface area (Å²) >= 11 is 4.95. The van der Waals surface area contributed by atoms with Gasteiger partial charge in [0.1, 0.15) is 0 Å². The molecule has 1 amide bonds. The summed E-state index contributed by atoms with van der Waals surface area (Å²) in [6.45, 7) is 0. The van der Waals surface area contributed by atoms with Crippen LogP contribution in [-0.2, 0) is 4.79 Å². The van der Waals surface area contributed by atoms with E-state index in [0.29, 0.717) is 5.11 Å². The van der Waals surface area contributed by atoms with E-state index in [1.165, 1.54) is 0 Å². The second-order valence-electron chi connectivity index (χ2n) is 4.25. The van der Waals surface area contributed by atoms with Gasteiger partial charge in [-0.05, 0) is 43.5 Å². The van der Waals surface area contributed by atoms with E-state index >= 15 is 0 Å². The fourth-order valence-corrected chi connectivity index (χ4v) is 2.12. The van der Waals surface area contributed by atoms with Crippen LogP contribution in [0.1, 0.15) is 25.7 Å². The van der Waals surface area contributed by atoms with Crippen LogP contribution in [-0.4, -0.2) is 18.1 Å². The predicted octanol–water partition coefficient (Wildman–Crippen LogP) is 1.66. The average Bonchev–Trinajstić information content (AvgIpc) is 3.11. The van der Waals surface area contributed by atoms with Gasteiger partial charge >= 0.3 is 0 Å². The van der Waals surface area contributed by atoms with Gasteiger partial charge in [-0.3, -0.25) is 4.79 Å². The lowest BCUT2D eigenvalue weighted by molar-refractivity contribution is -0.123. The lowest BCUT2D eigenvalue weighted by Crippen LogP contribution is -2.42. The van der Waals surface area contributed by atoms with Gasteiger partial charge in [-0.15, -0.1) is 0 Å². The minimum absolute atomic E-state index is 0.0321. The van der Waals surface area contributed by atoms with Gasteiger partial charge in [0.25, 0.3) is 0 Å². The number of hydrogen-bond acceptors (Lipinski definition) is 2. The molecule has 0 aromatic rings. The summed E-state index contributed by atoms with van der Waals surface area (Å²) < 4.78 is 0. The second-order valence-corrected chi connectivity index (χ2v) is 4.66. The smallest absolute Gasteiger partial charge is 0.236 e. The molecule has 3 nitrogen and oxygen atoms in total. The number of carbonyl (C=O) groups is 1. The Hall–Kier alpha value is -1.16. The van der Waals surface area contributed by atoms with Crippen LogP contribution in [0.3, 0.4) is 0 Å². The zero-order valence-corrected chi connectivity index (χ0v) is 10.2. The van der Waals surface area contributed by atoms with E-state index in [1.54, 1.807) is 7.05 Å². The number of thiocarbonyl (C=S) groups is 1. The first-order valence-corrected chi connectivity index (χ1v) is 6.00. The Morgan fingerprint density at radius 1 is 1.44 bits per heavy atom. The van der Waals surface area contributed by atoms with Crippen LogP contribution < -0.4 is 10.6 Å². The summed E-state index contributed by atoms with van der Waals surface area (Å²) in [4.78, 5) is 12.1. The molecule has 16 heavy (non-hydrogen) atoms. The van der Waals surface area contributed by atoms with Crippen molar-refractivity contribution in [3.8, 4) is 0 Å². The monoisotopic (exact) mass is 236 g/mol. The van der Waals surface area contributed by atoms with Crippen molar-refractivity contribution in [1.29, 1.82) is 0 Å². The van der Waals surface area contributed by atoms with E-state index in [0.717, 1.165) is 31.3 Å². The van der Waals surface area contributed by atoms with E-state index in [1.807, 2.05) is 0 Å². The number of rotatable bonds is 2. The lowest BCUT2D eigenvalue weighted by Gasteiger charge is -2.18. The van der Waals surface area contributed by atoms with Crippen LogP contribution in [0.2, 0.25) is 0 Å². The Balaban J connectivity index is 2.08. The molecule has 4 heteroatoms. The molecule has 0 aromatic carbocycles. The van der Waals surface area contributed by atoms with E-state index in [4.69, 9.17) is 12.2 Å². The van der Waals surface area contributed by atoms with Crippen molar-refractivity contribution >= 4 is 23.2 Å². The normalized spacial score (nSPS) is 20.9. The van der Waals surface area contributed by atoms with Crippen LogP contribution in [0.4, 0.5) is 0 Å². The largest absolute Gasteiger partial charge is 0.365 e. The maximum atomic E-state index is 12.1. The first kappa shape index (κ1) is 11.3. The summed E-state index contributed by atoms with van der Waals surface area (Å²) in [6, 6.07) is 0. The van der Waals surface area contributed by atoms with Crippen molar-refractivity contribution in [2.24, 2.45) is 5.41 Å².